The van der Waals surface area contributed by atoms with E-state index in [1.165, 1.54) is 0 Å². The number of carbonyl (C=O) groups excluding carboxylic acids is 2. The predicted octanol–water partition coefficient (Wildman–Crippen LogP) is 0.145. The fourth-order valence-electron chi connectivity index (χ4n) is 1.13. The van der Waals surface area contributed by atoms with Crippen molar-refractivity contribution in [2.24, 2.45) is 0 Å². The lowest BCUT2D eigenvalue weighted by Crippen LogP contribution is -2.41. The Morgan fingerprint density at radius 3 is 2.60 bits per heavy atom. The standard InChI is InChI=1S/C9H15NO5/c1-9(2,3)15-8(13)10-5-4-6(11)14-7(5)12/h5-6,11H,4H2,1-3H3,(H,10,13). The Balaban J connectivity index is 2.42. The van der Waals surface area contributed by atoms with Crippen LogP contribution in [0.3, 0.4) is 0 Å². The topological polar surface area (TPSA) is 84.9 Å². The Bertz CT molecular complexity index is 270. The minimum atomic E-state index is -1.14. The molecule has 0 aromatic rings. The number of aliphatic hydroxyl groups is 1. The zero-order valence-corrected chi connectivity index (χ0v) is 8.94. The maximum atomic E-state index is 11.2. The molecular formula is C9H15NO5. The first-order chi connectivity index (χ1) is 6.78. The van der Waals surface area contributed by atoms with E-state index in [4.69, 9.17) is 9.84 Å². The minimum Gasteiger partial charge on any atom is -0.444 e. The van der Waals surface area contributed by atoms with E-state index in [0.29, 0.717) is 0 Å². The molecule has 1 rings (SSSR count). The molecule has 1 aliphatic heterocycles. The highest BCUT2D eigenvalue weighted by molar-refractivity contribution is 5.82. The molecule has 1 saturated heterocycles. The lowest BCUT2D eigenvalue weighted by molar-refractivity contribution is -0.154. The van der Waals surface area contributed by atoms with Crippen molar-refractivity contribution in [1.29, 1.82) is 0 Å². The highest BCUT2D eigenvalue weighted by Gasteiger charge is 2.35. The second-order valence-corrected chi connectivity index (χ2v) is 4.33. The predicted molar refractivity (Wildman–Crippen MR) is 49.9 cm³/mol. The summed E-state index contributed by atoms with van der Waals surface area (Å²) < 4.78 is 9.39. The van der Waals surface area contributed by atoms with Gasteiger partial charge >= 0.3 is 12.1 Å². The third-order valence-electron chi connectivity index (χ3n) is 1.67. The molecule has 0 aliphatic carbocycles. The van der Waals surface area contributed by atoms with Gasteiger partial charge in [-0.3, -0.25) is 0 Å². The largest absolute Gasteiger partial charge is 0.444 e. The molecule has 15 heavy (non-hydrogen) atoms. The van der Waals surface area contributed by atoms with Gasteiger partial charge in [-0.15, -0.1) is 0 Å². The van der Waals surface area contributed by atoms with Gasteiger partial charge in [-0.2, -0.15) is 0 Å². The number of carbonyl (C=O) groups is 2. The van der Waals surface area contributed by atoms with Crippen LogP contribution in [0.1, 0.15) is 27.2 Å². The number of ether oxygens (including phenoxy) is 2. The Labute approximate surface area is 87.5 Å². The Morgan fingerprint density at radius 2 is 2.20 bits per heavy atom. The quantitative estimate of drug-likeness (QED) is 0.610. The summed E-state index contributed by atoms with van der Waals surface area (Å²) in [5.74, 6) is -0.645. The van der Waals surface area contributed by atoms with Crippen molar-refractivity contribution in [3.05, 3.63) is 0 Å². The molecule has 6 nitrogen and oxygen atoms in total. The summed E-state index contributed by atoms with van der Waals surface area (Å²) in [4.78, 5) is 22.3. The van der Waals surface area contributed by atoms with Gasteiger partial charge in [0.15, 0.2) is 0 Å². The number of aliphatic hydroxyl groups excluding tert-OH is 1. The van der Waals surface area contributed by atoms with E-state index in [-0.39, 0.29) is 6.42 Å². The molecule has 86 valence electrons. The molecule has 0 spiro atoms. The van der Waals surface area contributed by atoms with E-state index < -0.39 is 30.0 Å². The van der Waals surface area contributed by atoms with Gasteiger partial charge in [0.1, 0.15) is 11.6 Å². The maximum Gasteiger partial charge on any atom is 0.408 e. The first-order valence-electron chi connectivity index (χ1n) is 4.66. The summed E-state index contributed by atoms with van der Waals surface area (Å²) in [6.07, 6.45) is -1.78. The number of alkyl carbamates (subject to hydrolysis) is 1. The third kappa shape index (κ3) is 3.75. The smallest absolute Gasteiger partial charge is 0.408 e. The van der Waals surface area contributed by atoms with Crippen LogP contribution in [0.2, 0.25) is 0 Å². The molecule has 0 aromatic carbocycles. The van der Waals surface area contributed by atoms with E-state index in [1.54, 1.807) is 20.8 Å². The lowest BCUT2D eigenvalue weighted by atomic mass is 10.2. The molecule has 0 saturated carbocycles. The normalized spacial score (nSPS) is 26.0. The van der Waals surface area contributed by atoms with Crippen molar-refractivity contribution in [2.45, 2.75) is 45.1 Å². The van der Waals surface area contributed by atoms with Crippen LogP contribution in [0.25, 0.3) is 0 Å². The Hall–Kier alpha value is -1.30. The summed E-state index contributed by atoms with van der Waals surface area (Å²) >= 11 is 0. The van der Waals surface area contributed by atoms with Crippen LogP contribution in [0, 0.1) is 0 Å². The number of nitrogens with one attached hydrogen (secondary N) is 1. The van der Waals surface area contributed by atoms with Crippen LogP contribution in [0.15, 0.2) is 0 Å². The van der Waals surface area contributed by atoms with E-state index in [0.717, 1.165) is 0 Å². The second-order valence-electron chi connectivity index (χ2n) is 4.33. The maximum absolute atomic E-state index is 11.2. The van der Waals surface area contributed by atoms with Gasteiger partial charge in [0.25, 0.3) is 0 Å². The molecule has 0 aromatic heterocycles. The SMILES string of the molecule is CC(C)(C)OC(=O)NC1CC(O)OC1=O. The van der Waals surface area contributed by atoms with Gasteiger partial charge in [0.05, 0.1) is 0 Å². The molecule has 1 fully saturated rings. The van der Waals surface area contributed by atoms with Crippen molar-refractivity contribution in [2.75, 3.05) is 0 Å². The summed E-state index contributed by atoms with van der Waals surface area (Å²) in [5.41, 5.74) is -0.620. The van der Waals surface area contributed by atoms with Crippen molar-refractivity contribution < 1.29 is 24.2 Å². The summed E-state index contributed by atoms with van der Waals surface area (Å²) in [6.45, 7) is 5.15. The van der Waals surface area contributed by atoms with Crippen LogP contribution in [-0.2, 0) is 14.3 Å². The second kappa shape index (κ2) is 4.06. The van der Waals surface area contributed by atoms with Crippen molar-refractivity contribution in [1.82, 2.24) is 5.32 Å². The van der Waals surface area contributed by atoms with Crippen LogP contribution in [0.5, 0.6) is 0 Å². The van der Waals surface area contributed by atoms with E-state index >= 15 is 0 Å². The van der Waals surface area contributed by atoms with Gasteiger partial charge in [-0.1, -0.05) is 0 Å². The van der Waals surface area contributed by atoms with Crippen LogP contribution in [-0.4, -0.2) is 35.1 Å². The number of rotatable bonds is 1. The van der Waals surface area contributed by atoms with Gasteiger partial charge in [0.2, 0.25) is 6.29 Å². The number of cyclic esters (lactones) is 1. The summed E-state index contributed by atoms with van der Waals surface area (Å²) in [5, 5.41) is 11.3. The van der Waals surface area contributed by atoms with Gasteiger partial charge in [0, 0.05) is 6.42 Å². The first kappa shape index (κ1) is 11.8. The van der Waals surface area contributed by atoms with E-state index in [1.807, 2.05) is 0 Å². The van der Waals surface area contributed by atoms with Gasteiger partial charge in [-0.05, 0) is 20.8 Å². The molecule has 0 radical (unpaired) electrons. The van der Waals surface area contributed by atoms with Crippen molar-refractivity contribution in [3.63, 3.8) is 0 Å². The number of esters is 1. The van der Waals surface area contributed by atoms with Crippen molar-refractivity contribution in [3.8, 4) is 0 Å². The van der Waals surface area contributed by atoms with Gasteiger partial charge in [-0.25, -0.2) is 9.59 Å². The Morgan fingerprint density at radius 1 is 1.60 bits per heavy atom. The fraction of sp³-hybridized carbons (Fsp3) is 0.778. The fourth-order valence-corrected chi connectivity index (χ4v) is 1.13. The lowest BCUT2D eigenvalue weighted by Gasteiger charge is -2.20. The molecule has 2 N–H and O–H groups in total. The zero-order valence-electron chi connectivity index (χ0n) is 8.94. The summed E-state index contributed by atoms with van der Waals surface area (Å²) in [6, 6.07) is -0.824. The molecule has 1 aliphatic rings. The highest BCUT2D eigenvalue weighted by atomic mass is 16.6. The number of amides is 1. The van der Waals surface area contributed by atoms with Gasteiger partial charge < -0.3 is 19.9 Å². The first-order valence-corrected chi connectivity index (χ1v) is 4.66. The number of hydrogen-bond acceptors (Lipinski definition) is 5. The molecule has 6 heteroatoms. The molecule has 0 bridgehead atoms. The molecule has 2 unspecified atom stereocenters. The van der Waals surface area contributed by atoms with E-state index in [2.05, 4.69) is 10.1 Å². The van der Waals surface area contributed by atoms with Crippen LogP contribution >= 0.6 is 0 Å². The average Bonchev–Trinajstić information content (AvgIpc) is 2.25. The highest BCUT2D eigenvalue weighted by Crippen LogP contribution is 2.13. The zero-order chi connectivity index (χ0) is 11.6. The molecule has 1 amide bonds. The third-order valence-corrected chi connectivity index (χ3v) is 1.67. The van der Waals surface area contributed by atoms with Crippen LogP contribution in [0.4, 0.5) is 4.79 Å². The molecular weight excluding hydrogens is 202 g/mol. The molecule has 2 atom stereocenters. The van der Waals surface area contributed by atoms with Crippen LogP contribution < -0.4 is 5.32 Å². The summed E-state index contributed by atoms with van der Waals surface area (Å²) in [7, 11) is 0. The van der Waals surface area contributed by atoms with E-state index in [9.17, 15) is 9.59 Å². The van der Waals surface area contributed by atoms with Crippen molar-refractivity contribution >= 4 is 12.1 Å². The molecule has 1 heterocycles. The number of hydrogen-bond donors (Lipinski definition) is 2. The monoisotopic (exact) mass is 217 g/mol. The Kier molecular flexibility index (Phi) is 3.18. The minimum absolute atomic E-state index is 0.0536. The average molecular weight is 217 g/mol.